The second-order valence-corrected chi connectivity index (χ2v) is 3.42. The average Bonchev–Trinajstić information content (AvgIpc) is 1.63. The van der Waals surface area contributed by atoms with Crippen LogP contribution in [0.1, 0.15) is 0 Å². The summed E-state index contributed by atoms with van der Waals surface area (Å²) in [5.41, 5.74) is 0. The van der Waals surface area contributed by atoms with E-state index in [-0.39, 0.29) is 29.6 Å². The second-order valence-electron chi connectivity index (χ2n) is 1.59. The van der Waals surface area contributed by atoms with Gasteiger partial charge in [0.2, 0.25) is 0 Å². The minimum Gasteiger partial charge on any atom is -0.545 e. The Balaban J connectivity index is 0. The van der Waals surface area contributed by atoms with Gasteiger partial charge in [0, 0.05) is 8.15 Å². The molecule has 0 heterocycles. The van der Waals surface area contributed by atoms with E-state index in [0.717, 1.165) is 0 Å². The summed E-state index contributed by atoms with van der Waals surface area (Å²) in [7, 11) is -0.843. The molecule has 0 aliphatic rings. The van der Waals surface area contributed by atoms with Gasteiger partial charge in [-0.25, -0.2) is 0 Å². The zero-order chi connectivity index (χ0) is 7.44. The van der Waals surface area contributed by atoms with Gasteiger partial charge < -0.3 is 19.5 Å². The Kier molecular flexibility index (Phi) is 8.75. The van der Waals surface area contributed by atoms with Gasteiger partial charge in [0.05, 0.1) is 5.97 Å². The van der Waals surface area contributed by atoms with Crippen molar-refractivity contribution < 1.29 is 49.1 Å². The molecule has 0 bridgehead atoms. The fourth-order valence-electron chi connectivity index (χ4n) is 0.243. The van der Waals surface area contributed by atoms with Crippen LogP contribution in [0.2, 0.25) is 0 Å². The molecule has 0 rings (SSSR count). The third-order valence-corrected chi connectivity index (χ3v) is 1.13. The van der Waals surface area contributed by atoms with Gasteiger partial charge in [-0.1, -0.05) is 0 Å². The minimum atomic E-state index is -1.77. The first-order valence-corrected chi connectivity index (χ1v) is 4.42. The predicted octanol–water partition coefficient (Wildman–Crippen LogP) is -4.27. The molecule has 0 amide bonds. The van der Waals surface area contributed by atoms with Crippen LogP contribution in [0.25, 0.3) is 0 Å². The van der Waals surface area contributed by atoms with Gasteiger partial charge in [-0.3, -0.25) is 0 Å². The molecule has 0 spiro atoms. The first-order valence-electron chi connectivity index (χ1n) is 2.27. The normalized spacial score (nSPS) is 12.4. The third kappa shape index (κ3) is 6.93. The van der Waals surface area contributed by atoms with Crippen molar-refractivity contribution in [3.05, 3.63) is 0 Å². The average molecular weight is 174 g/mol. The molecule has 54 valence electrons. The van der Waals surface area contributed by atoms with Crippen molar-refractivity contribution in [2.75, 3.05) is 13.3 Å². The summed E-state index contributed by atoms with van der Waals surface area (Å²) in [5, 5.41) is 18.2. The standard InChI is InChI=1S/C4H9O4P.Na/c1-9(2)8-4(7)3(5)6;/h4,7H,1-2H3,(H,5,6);/q;+1/p-1. The topological polar surface area (TPSA) is 69.6 Å². The smallest absolute Gasteiger partial charge is 0.545 e. The van der Waals surface area contributed by atoms with E-state index < -0.39 is 20.4 Å². The van der Waals surface area contributed by atoms with Crippen LogP contribution >= 0.6 is 8.15 Å². The fraction of sp³-hybridized carbons (Fsp3) is 0.750. The Labute approximate surface area is 82.7 Å². The summed E-state index contributed by atoms with van der Waals surface area (Å²) in [5.74, 6) is -1.59. The maximum Gasteiger partial charge on any atom is 1.00 e. The summed E-state index contributed by atoms with van der Waals surface area (Å²) < 4.78 is 4.47. The van der Waals surface area contributed by atoms with E-state index in [9.17, 15) is 9.90 Å². The number of carboxylic acid groups (broad SMARTS) is 1. The number of rotatable bonds is 3. The quantitative estimate of drug-likeness (QED) is 0.267. The maximum absolute atomic E-state index is 9.76. The van der Waals surface area contributed by atoms with Crippen LogP contribution in [-0.2, 0) is 9.32 Å². The van der Waals surface area contributed by atoms with Crippen molar-refractivity contribution in [3.8, 4) is 0 Å². The summed E-state index contributed by atoms with van der Waals surface area (Å²) in [4.78, 5) is 9.76. The zero-order valence-corrected chi connectivity index (χ0v) is 9.09. The Morgan fingerprint density at radius 1 is 1.70 bits per heavy atom. The first kappa shape index (κ1) is 13.4. The summed E-state index contributed by atoms with van der Waals surface area (Å²) in [6, 6.07) is 0. The van der Waals surface area contributed by atoms with E-state index in [1.165, 1.54) is 0 Å². The molecule has 1 atom stereocenters. The Morgan fingerprint density at radius 2 is 2.10 bits per heavy atom. The van der Waals surface area contributed by atoms with E-state index in [4.69, 9.17) is 5.11 Å². The molecule has 0 aromatic carbocycles. The van der Waals surface area contributed by atoms with Crippen molar-refractivity contribution in [3.63, 3.8) is 0 Å². The molecule has 0 saturated heterocycles. The van der Waals surface area contributed by atoms with Crippen LogP contribution in [0.3, 0.4) is 0 Å². The van der Waals surface area contributed by atoms with Gasteiger partial charge in [0.1, 0.15) is 0 Å². The molecular weight excluding hydrogens is 166 g/mol. The van der Waals surface area contributed by atoms with Crippen molar-refractivity contribution >= 4 is 14.1 Å². The third-order valence-electron chi connectivity index (χ3n) is 0.512. The Hall–Kier alpha value is 0.820. The number of hydrogen-bond donors (Lipinski definition) is 1. The molecule has 0 aliphatic heterocycles. The summed E-state index contributed by atoms with van der Waals surface area (Å²) in [6.07, 6.45) is -1.77. The molecular formula is C4H8NaO4P. The largest absolute Gasteiger partial charge is 1.00 e. The van der Waals surface area contributed by atoms with Crippen LogP contribution in [-0.4, -0.2) is 30.7 Å². The van der Waals surface area contributed by atoms with E-state index >= 15 is 0 Å². The summed E-state index contributed by atoms with van der Waals surface area (Å²) in [6.45, 7) is 3.36. The van der Waals surface area contributed by atoms with Gasteiger partial charge in [-0.2, -0.15) is 0 Å². The van der Waals surface area contributed by atoms with Crippen molar-refractivity contribution in [1.29, 1.82) is 0 Å². The van der Waals surface area contributed by atoms with Gasteiger partial charge >= 0.3 is 29.6 Å². The molecule has 0 saturated carbocycles. The number of aliphatic hydroxyl groups is 1. The number of aliphatic hydroxyl groups excluding tert-OH is 1. The van der Waals surface area contributed by atoms with Crippen LogP contribution in [0, 0.1) is 0 Å². The molecule has 0 aromatic heterocycles. The molecule has 0 aromatic rings. The maximum atomic E-state index is 9.76. The van der Waals surface area contributed by atoms with Crippen LogP contribution in [0.15, 0.2) is 0 Å². The molecule has 6 heteroatoms. The molecule has 4 nitrogen and oxygen atoms in total. The number of hydrogen-bond acceptors (Lipinski definition) is 4. The number of carboxylic acids is 1. The first-order chi connectivity index (χ1) is 4.04. The van der Waals surface area contributed by atoms with E-state index in [1.54, 1.807) is 13.3 Å². The number of aliphatic carboxylic acids is 1. The number of carbonyl (C=O) groups excluding carboxylic acids is 1. The Morgan fingerprint density at radius 3 is 2.20 bits per heavy atom. The van der Waals surface area contributed by atoms with E-state index in [1.807, 2.05) is 0 Å². The predicted molar refractivity (Wildman–Crippen MR) is 30.9 cm³/mol. The van der Waals surface area contributed by atoms with Crippen LogP contribution in [0.5, 0.6) is 0 Å². The summed E-state index contributed by atoms with van der Waals surface area (Å²) >= 11 is 0. The van der Waals surface area contributed by atoms with Crippen molar-refractivity contribution in [2.24, 2.45) is 0 Å². The molecule has 10 heavy (non-hydrogen) atoms. The van der Waals surface area contributed by atoms with Crippen LogP contribution < -0.4 is 34.7 Å². The van der Waals surface area contributed by atoms with Gasteiger partial charge in [0.15, 0.2) is 6.29 Å². The van der Waals surface area contributed by atoms with Gasteiger partial charge in [0.25, 0.3) is 0 Å². The number of carbonyl (C=O) groups is 1. The molecule has 0 radical (unpaired) electrons. The molecule has 1 N–H and O–H groups in total. The second kappa shape index (κ2) is 6.53. The van der Waals surface area contributed by atoms with Gasteiger partial charge in [-0.05, 0) is 13.3 Å². The van der Waals surface area contributed by atoms with Crippen molar-refractivity contribution in [2.45, 2.75) is 6.29 Å². The molecule has 0 aliphatic carbocycles. The van der Waals surface area contributed by atoms with Crippen molar-refractivity contribution in [1.82, 2.24) is 0 Å². The minimum absolute atomic E-state index is 0. The zero-order valence-electron chi connectivity index (χ0n) is 6.20. The van der Waals surface area contributed by atoms with Gasteiger partial charge in [-0.15, -0.1) is 0 Å². The van der Waals surface area contributed by atoms with E-state index in [0.29, 0.717) is 0 Å². The molecule has 1 unspecified atom stereocenters. The SMILES string of the molecule is CP(C)OC(O)C(=O)[O-].[Na+]. The monoisotopic (exact) mass is 174 g/mol. The van der Waals surface area contributed by atoms with E-state index in [2.05, 4.69) is 4.52 Å². The fourth-order valence-corrected chi connectivity index (χ4v) is 0.728. The van der Waals surface area contributed by atoms with Crippen LogP contribution in [0.4, 0.5) is 0 Å². The molecule has 0 fully saturated rings. The Bertz CT molecular complexity index is 107.